The first kappa shape index (κ1) is 31.0. The van der Waals surface area contributed by atoms with Crippen LogP contribution in [-0.2, 0) is 17.6 Å². The Bertz CT molecular complexity index is 933. The van der Waals surface area contributed by atoms with Crippen molar-refractivity contribution in [1.29, 1.82) is 0 Å². The zero-order valence-electron chi connectivity index (χ0n) is 21.9. The summed E-state index contributed by atoms with van der Waals surface area (Å²) < 4.78 is 9.89. The molecule has 1 aromatic carbocycles. The van der Waals surface area contributed by atoms with E-state index in [0.717, 1.165) is 53.7 Å². The topological polar surface area (TPSA) is 68.5 Å². The van der Waals surface area contributed by atoms with E-state index in [-0.39, 0.29) is 11.9 Å². The molecular weight excluding hydrogens is 526 g/mol. The van der Waals surface area contributed by atoms with Gasteiger partial charge in [-0.05, 0) is 50.3 Å². The fourth-order valence-corrected chi connectivity index (χ4v) is 4.74. The Labute approximate surface area is 223 Å². The van der Waals surface area contributed by atoms with Crippen molar-refractivity contribution in [3.05, 3.63) is 68.4 Å². The van der Waals surface area contributed by atoms with Crippen molar-refractivity contribution in [2.75, 3.05) is 20.8 Å². The minimum Gasteiger partial charge on any atom is -0.388 e. The second-order valence-electron chi connectivity index (χ2n) is 7.92. The summed E-state index contributed by atoms with van der Waals surface area (Å²) in [6.07, 6.45) is 8.05. The molecule has 0 saturated carbocycles. The van der Waals surface area contributed by atoms with Gasteiger partial charge in [-0.1, -0.05) is 54.3 Å². The second-order valence-corrected chi connectivity index (χ2v) is 9.49. The molecule has 0 spiro atoms. The largest absolute Gasteiger partial charge is 0.388 e. The Morgan fingerprint density at radius 2 is 2.03 bits per heavy atom. The molecule has 8 heteroatoms. The number of amides is 1. The van der Waals surface area contributed by atoms with Crippen molar-refractivity contribution in [2.24, 2.45) is 0 Å². The smallest absolute Gasteiger partial charge is 0.254 e. The van der Waals surface area contributed by atoms with E-state index in [9.17, 15) is 4.79 Å². The van der Waals surface area contributed by atoms with E-state index >= 15 is 0 Å². The highest BCUT2D eigenvalue weighted by Gasteiger charge is 2.30. The van der Waals surface area contributed by atoms with Crippen LogP contribution in [0.1, 0.15) is 73.8 Å². The molecule has 3 aromatic rings. The number of thiazole rings is 1. The molecule has 0 radical (unpaired) electrons. The SMILES string of the molecule is CC.CCCCc1ccc(C(=O)N2CCCC2Cc2cscn2)cc1Br.COC.Cc1ccno1. The summed E-state index contributed by atoms with van der Waals surface area (Å²) in [5, 5.41) is 5.53. The van der Waals surface area contributed by atoms with Gasteiger partial charge in [-0.25, -0.2) is 4.98 Å². The van der Waals surface area contributed by atoms with Gasteiger partial charge in [-0.3, -0.25) is 4.79 Å². The fourth-order valence-electron chi connectivity index (χ4n) is 3.59. The number of unbranched alkanes of at least 4 members (excludes halogenated alkanes) is 1. The van der Waals surface area contributed by atoms with Gasteiger partial charge in [-0.2, -0.15) is 0 Å². The van der Waals surface area contributed by atoms with E-state index in [4.69, 9.17) is 0 Å². The van der Waals surface area contributed by atoms with E-state index in [1.807, 2.05) is 43.3 Å². The standard InChI is InChI=1S/C19H23BrN2OS.C4H5NO.C2H6O.C2H6/c1-2-3-5-14-7-8-15(10-18(14)20)19(23)22-9-4-6-17(22)11-16-12-24-13-21-16;1-4-2-3-5-6-4;1-3-2;1-2/h7-8,10,12-13,17H,2-6,9,11H2,1H3;2-3H,1H3;1-2H3;1-2H3. The lowest BCUT2D eigenvalue weighted by Gasteiger charge is -2.24. The monoisotopic (exact) mass is 565 g/mol. The molecule has 1 atom stereocenters. The molecule has 6 nitrogen and oxygen atoms in total. The van der Waals surface area contributed by atoms with Gasteiger partial charge in [0.1, 0.15) is 5.76 Å². The molecule has 1 unspecified atom stereocenters. The number of halogens is 1. The van der Waals surface area contributed by atoms with Gasteiger partial charge in [0.15, 0.2) is 0 Å². The molecule has 35 heavy (non-hydrogen) atoms. The fraction of sp³-hybridized carbons (Fsp3) is 0.519. The molecule has 3 heterocycles. The van der Waals surface area contributed by atoms with Gasteiger partial charge in [0, 0.05) is 54.7 Å². The lowest BCUT2D eigenvalue weighted by Crippen LogP contribution is -2.36. The Morgan fingerprint density at radius 3 is 2.54 bits per heavy atom. The second kappa shape index (κ2) is 18.3. The van der Waals surface area contributed by atoms with Crippen LogP contribution in [0.5, 0.6) is 0 Å². The zero-order valence-corrected chi connectivity index (χ0v) is 24.3. The maximum atomic E-state index is 13.0. The Morgan fingerprint density at radius 1 is 1.29 bits per heavy atom. The van der Waals surface area contributed by atoms with E-state index in [2.05, 4.69) is 53.7 Å². The molecule has 1 aliphatic heterocycles. The Balaban J connectivity index is 0.000000466. The minimum absolute atomic E-state index is 0.149. The predicted octanol–water partition coefficient (Wildman–Crippen LogP) is 7.37. The number of likely N-dealkylation sites (tertiary alicyclic amines) is 1. The molecular formula is C27H40BrN3O3S. The van der Waals surface area contributed by atoms with Gasteiger partial charge in [0.2, 0.25) is 0 Å². The van der Waals surface area contributed by atoms with Gasteiger partial charge < -0.3 is 14.2 Å². The van der Waals surface area contributed by atoms with Gasteiger partial charge >= 0.3 is 0 Å². The highest BCUT2D eigenvalue weighted by molar-refractivity contribution is 9.10. The number of methoxy groups -OCH3 is 1. The number of carbonyl (C=O) groups excluding carboxylic acids is 1. The molecule has 4 rings (SSSR count). The van der Waals surface area contributed by atoms with E-state index in [0.29, 0.717) is 0 Å². The molecule has 1 aliphatic rings. The number of aryl methyl sites for hydroxylation is 2. The summed E-state index contributed by atoms with van der Waals surface area (Å²) in [7, 11) is 3.25. The van der Waals surface area contributed by atoms with Crippen LogP contribution in [0.15, 0.2) is 50.3 Å². The number of rotatable bonds is 6. The van der Waals surface area contributed by atoms with Crippen LogP contribution in [0.25, 0.3) is 0 Å². The van der Waals surface area contributed by atoms with Crippen molar-refractivity contribution < 1.29 is 14.1 Å². The van der Waals surface area contributed by atoms with Crippen LogP contribution >= 0.6 is 27.3 Å². The van der Waals surface area contributed by atoms with Gasteiger partial charge in [-0.15, -0.1) is 11.3 Å². The van der Waals surface area contributed by atoms with Crippen molar-refractivity contribution in [3.63, 3.8) is 0 Å². The Kier molecular flexibility index (Phi) is 16.2. The molecule has 1 amide bonds. The van der Waals surface area contributed by atoms with E-state index in [1.165, 1.54) is 18.4 Å². The van der Waals surface area contributed by atoms with Crippen molar-refractivity contribution in [1.82, 2.24) is 15.0 Å². The average molecular weight is 567 g/mol. The first-order chi connectivity index (χ1) is 17.0. The highest BCUT2D eigenvalue weighted by atomic mass is 79.9. The van der Waals surface area contributed by atoms with Gasteiger partial charge in [0.05, 0.1) is 17.4 Å². The average Bonchev–Trinajstić information content (AvgIpc) is 3.64. The van der Waals surface area contributed by atoms with Crippen LogP contribution < -0.4 is 0 Å². The number of ether oxygens (including phenoxy) is 1. The maximum absolute atomic E-state index is 13.0. The maximum Gasteiger partial charge on any atom is 0.254 e. The van der Waals surface area contributed by atoms with Gasteiger partial charge in [0.25, 0.3) is 5.91 Å². The molecule has 194 valence electrons. The quantitative estimate of drug-likeness (QED) is 0.312. The summed E-state index contributed by atoms with van der Waals surface area (Å²) in [5.74, 6) is 1.01. The lowest BCUT2D eigenvalue weighted by molar-refractivity contribution is 0.0736. The minimum atomic E-state index is 0.149. The molecule has 2 aromatic heterocycles. The first-order valence-electron chi connectivity index (χ1n) is 12.2. The summed E-state index contributed by atoms with van der Waals surface area (Å²) in [6.45, 7) is 8.90. The highest BCUT2D eigenvalue weighted by Crippen LogP contribution is 2.26. The van der Waals surface area contributed by atoms with Crippen molar-refractivity contribution >= 4 is 33.2 Å². The number of nitrogens with zero attached hydrogens (tertiary/aromatic N) is 3. The normalized spacial score (nSPS) is 14.1. The first-order valence-corrected chi connectivity index (χ1v) is 14.0. The third-order valence-electron chi connectivity index (χ3n) is 5.23. The molecule has 1 saturated heterocycles. The number of aromatic nitrogens is 2. The summed E-state index contributed by atoms with van der Waals surface area (Å²) >= 11 is 5.26. The number of carbonyl (C=O) groups is 1. The van der Waals surface area contributed by atoms with E-state index in [1.54, 1.807) is 37.8 Å². The van der Waals surface area contributed by atoms with Crippen LogP contribution in [0, 0.1) is 6.92 Å². The van der Waals surface area contributed by atoms with Crippen LogP contribution in [0.2, 0.25) is 0 Å². The molecule has 0 N–H and O–H groups in total. The summed E-state index contributed by atoms with van der Waals surface area (Å²) in [6, 6.07) is 8.15. The molecule has 0 bridgehead atoms. The molecule has 1 fully saturated rings. The van der Waals surface area contributed by atoms with Crippen LogP contribution in [0.3, 0.4) is 0 Å². The van der Waals surface area contributed by atoms with Crippen LogP contribution in [0.4, 0.5) is 0 Å². The number of hydrogen-bond acceptors (Lipinski definition) is 6. The summed E-state index contributed by atoms with van der Waals surface area (Å²) in [4.78, 5) is 19.4. The van der Waals surface area contributed by atoms with Crippen LogP contribution in [-0.4, -0.2) is 47.8 Å². The predicted molar refractivity (Wildman–Crippen MR) is 148 cm³/mol. The van der Waals surface area contributed by atoms with E-state index < -0.39 is 0 Å². The van der Waals surface area contributed by atoms with Crippen molar-refractivity contribution in [2.45, 2.75) is 72.3 Å². The Hall–Kier alpha value is -2.03. The lowest BCUT2D eigenvalue weighted by atomic mass is 10.0. The number of hydrogen-bond donors (Lipinski definition) is 0. The third-order valence-corrected chi connectivity index (χ3v) is 6.61. The third kappa shape index (κ3) is 11.1. The zero-order chi connectivity index (χ0) is 26.1. The summed E-state index contributed by atoms with van der Waals surface area (Å²) in [5.41, 5.74) is 5.03. The number of benzene rings is 1. The van der Waals surface area contributed by atoms with Crippen molar-refractivity contribution in [3.8, 4) is 0 Å². The molecule has 0 aliphatic carbocycles.